The van der Waals surface area contributed by atoms with E-state index in [1.807, 2.05) is 71.9 Å². The van der Waals surface area contributed by atoms with Crippen molar-refractivity contribution < 1.29 is 14.3 Å². The zero-order chi connectivity index (χ0) is 19.1. The van der Waals surface area contributed by atoms with Gasteiger partial charge in [-0.15, -0.1) is 11.8 Å². The Morgan fingerprint density at radius 1 is 1.12 bits per heavy atom. The molecule has 5 nitrogen and oxygen atoms in total. The van der Waals surface area contributed by atoms with Gasteiger partial charge in [0, 0.05) is 11.4 Å². The van der Waals surface area contributed by atoms with Gasteiger partial charge in [0.25, 0.3) is 0 Å². The number of rotatable bonds is 7. The summed E-state index contributed by atoms with van der Waals surface area (Å²) in [6.45, 7) is 11.7. The van der Waals surface area contributed by atoms with E-state index >= 15 is 0 Å². The number of hydrogen-bond donors (Lipinski definition) is 2. The van der Waals surface area contributed by atoms with Crippen molar-refractivity contribution in [3.8, 4) is 0 Å². The summed E-state index contributed by atoms with van der Waals surface area (Å²) in [4.78, 5) is 25.3. The van der Waals surface area contributed by atoms with Crippen LogP contribution in [0.2, 0.25) is 0 Å². The van der Waals surface area contributed by atoms with Gasteiger partial charge in [0.2, 0.25) is 5.91 Å². The van der Waals surface area contributed by atoms with Crippen LogP contribution in [0.1, 0.15) is 41.5 Å². The van der Waals surface area contributed by atoms with Gasteiger partial charge in [-0.1, -0.05) is 32.0 Å². The molecular formula is C19H30N2O3S. The zero-order valence-corrected chi connectivity index (χ0v) is 16.8. The summed E-state index contributed by atoms with van der Waals surface area (Å²) < 4.78 is 5.26. The summed E-state index contributed by atoms with van der Waals surface area (Å²) in [5.41, 5.74) is -1.10. The first-order chi connectivity index (χ1) is 11.5. The molecule has 0 aromatic heterocycles. The Labute approximate surface area is 155 Å². The molecule has 1 unspecified atom stereocenters. The average Bonchev–Trinajstić information content (AvgIpc) is 2.50. The summed E-state index contributed by atoms with van der Waals surface area (Å²) in [7, 11) is 0. The van der Waals surface area contributed by atoms with E-state index in [1.54, 1.807) is 0 Å². The third-order valence-corrected chi connectivity index (χ3v) is 4.82. The first-order valence-corrected chi connectivity index (χ1v) is 9.46. The topological polar surface area (TPSA) is 67.4 Å². The van der Waals surface area contributed by atoms with E-state index in [2.05, 4.69) is 10.6 Å². The van der Waals surface area contributed by atoms with Crippen LogP contribution in [0.25, 0.3) is 0 Å². The van der Waals surface area contributed by atoms with Gasteiger partial charge in [-0.25, -0.2) is 4.79 Å². The quantitative estimate of drug-likeness (QED) is 0.720. The third-order valence-electron chi connectivity index (χ3n) is 3.81. The molecule has 2 amide bonds. The zero-order valence-electron chi connectivity index (χ0n) is 16.0. The smallest absolute Gasteiger partial charge is 0.407 e. The highest BCUT2D eigenvalue weighted by atomic mass is 32.2. The van der Waals surface area contributed by atoms with Crippen LogP contribution in [0.15, 0.2) is 35.2 Å². The van der Waals surface area contributed by atoms with Crippen LogP contribution in [0, 0.1) is 5.92 Å². The molecule has 1 atom stereocenters. The van der Waals surface area contributed by atoms with Crippen LogP contribution in [-0.2, 0) is 9.53 Å². The highest BCUT2D eigenvalue weighted by molar-refractivity contribution is 8.00. The van der Waals surface area contributed by atoms with Crippen molar-refractivity contribution in [3.63, 3.8) is 0 Å². The van der Waals surface area contributed by atoms with Gasteiger partial charge in [-0.2, -0.15) is 0 Å². The minimum absolute atomic E-state index is 0.0592. The second kappa shape index (κ2) is 9.13. The predicted octanol–water partition coefficient (Wildman–Crippen LogP) is 3.83. The molecule has 0 spiro atoms. The van der Waals surface area contributed by atoms with Crippen LogP contribution >= 0.6 is 11.8 Å². The minimum Gasteiger partial charge on any atom is -0.444 e. The second-order valence-corrected chi connectivity index (χ2v) is 8.63. The van der Waals surface area contributed by atoms with Gasteiger partial charge < -0.3 is 15.4 Å². The van der Waals surface area contributed by atoms with Gasteiger partial charge >= 0.3 is 6.09 Å². The van der Waals surface area contributed by atoms with Crippen molar-refractivity contribution in [2.24, 2.45) is 5.92 Å². The lowest BCUT2D eigenvalue weighted by Crippen LogP contribution is -2.57. The summed E-state index contributed by atoms with van der Waals surface area (Å²) in [5, 5.41) is 5.81. The second-order valence-electron chi connectivity index (χ2n) is 7.58. The molecule has 0 radical (unpaired) electrons. The molecule has 0 bridgehead atoms. The van der Waals surface area contributed by atoms with Gasteiger partial charge in [0.15, 0.2) is 0 Å². The molecule has 0 saturated carbocycles. The van der Waals surface area contributed by atoms with E-state index in [0.29, 0.717) is 12.3 Å². The van der Waals surface area contributed by atoms with Crippen molar-refractivity contribution in [1.82, 2.24) is 10.6 Å². The van der Waals surface area contributed by atoms with E-state index in [-0.39, 0.29) is 11.8 Å². The van der Waals surface area contributed by atoms with Crippen molar-refractivity contribution >= 4 is 23.8 Å². The van der Waals surface area contributed by atoms with Crippen LogP contribution in [-0.4, -0.2) is 35.4 Å². The fraction of sp³-hybridized carbons (Fsp3) is 0.579. The molecule has 6 heteroatoms. The molecule has 1 rings (SSSR count). The van der Waals surface area contributed by atoms with Crippen molar-refractivity contribution in [1.29, 1.82) is 0 Å². The number of alkyl carbamates (subject to hydrolysis) is 1. The lowest BCUT2D eigenvalue weighted by Gasteiger charge is -2.35. The maximum absolute atomic E-state index is 12.3. The molecule has 0 aliphatic heterocycles. The van der Waals surface area contributed by atoms with Gasteiger partial charge in [0.05, 0.1) is 11.3 Å². The molecule has 0 fully saturated rings. The van der Waals surface area contributed by atoms with Crippen molar-refractivity contribution in [2.45, 2.75) is 57.6 Å². The molecule has 2 N–H and O–H groups in total. The van der Waals surface area contributed by atoms with E-state index in [4.69, 9.17) is 4.74 Å². The first kappa shape index (κ1) is 21.4. The number of thioether (sulfide) groups is 1. The molecule has 0 aliphatic carbocycles. The van der Waals surface area contributed by atoms with Gasteiger partial charge in [-0.3, -0.25) is 4.79 Å². The predicted molar refractivity (Wildman–Crippen MR) is 103 cm³/mol. The largest absolute Gasteiger partial charge is 0.444 e. The van der Waals surface area contributed by atoms with E-state index in [0.717, 1.165) is 4.90 Å². The SMILES string of the molecule is CC(C)C(C)(CNC(=O)OC(C)(C)C)NC(=O)CSc1ccccc1. The van der Waals surface area contributed by atoms with E-state index < -0.39 is 17.2 Å². The van der Waals surface area contributed by atoms with Gasteiger partial charge in [-0.05, 0) is 45.7 Å². The number of amides is 2. The average molecular weight is 367 g/mol. The Kier molecular flexibility index (Phi) is 7.80. The number of carbonyl (C=O) groups is 2. The molecule has 1 aromatic rings. The standard InChI is InChI=1S/C19H30N2O3S/c1-14(2)19(6,13-20-17(23)24-18(3,4)5)21-16(22)12-25-15-10-8-7-9-11-15/h7-11,14H,12-13H2,1-6H3,(H,20,23)(H,21,22). The summed E-state index contributed by atoms with van der Waals surface area (Å²) in [5.74, 6) is 0.419. The fourth-order valence-electron chi connectivity index (χ4n) is 1.98. The number of ether oxygens (including phenoxy) is 1. The molecule has 0 saturated heterocycles. The highest BCUT2D eigenvalue weighted by Gasteiger charge is 2.31. The normalized spacial score (nSPS) is 13.9. The number of hydrogen-bond acceptors (Lipinski definition) is 4. The monoisotopic (exact) mass is 366 g/mol. The number of carbonyl (C=O) groups excluding carboxylic acids is 2. The molecule has 1 aromatic carbocycles. The lowest BCUT2D eigenvalue weighted by molar-refractivity contribution is -0.120. The van der Waals surface area contributed by atoms with Crippen LogP contribution < -0.4 is 10.6 Å². The van der Waals surface area contributed by atoms with E-state index in [9.17, 15) is 9.59 Å². The maximum atomic E-state index is 12.3. The minimum atomic E-state index is -0.550. The molecule has 0 aliphatic rings. The summed E-state index contributed by atoms with van der Waals surface area (Å²) in [6.07, 6.45) is -0.479. The summed E-state index contributed by atoms with van der Waals surface area (Å²) >= 11 is 1.49. The Bertz CT molecular complexity index is 570. The van der Waals surface area contributed by atoms with Crippen LogP contribution in [0.5, 0.6) is 0 Å². The van der Waals surface area contributed by atoms with Crippen LogP contribution in [0.4, 0.5) is 4.79 Å². The van der Waals surface area contributed by atoms with Crippen LogP contribution in [0.3, 0.4) is 0 Å². The molecule has 0 heterocycles. The summed E-state index contributed by atoms with van der Waals surface area (Å²) in [6, 6.07) is 9.79. The lowest BCUT2D eigenvalue weighted by atomic mass is 9.88. The number of benzene rings is 1. The molecule has 25 heavy (non-hydrogen) atoms. The van der Waals surface area contributed by atoms with E-state index in [1.165, 1.54) is 11.8 Å². The Balaban J connectivity index is 2.56. The third kappa shape index (κ3) is 8.29. The Morgan fingerprint density at radius 2 is 1.72 bits per heavy atom. The maximum Gasteiger partial charge on any atom is 0.407 e. The highest BCUT2D eigenvalue weighted by Crippen LogP contribution is 2.19. The van der Waals surface area contributed by atoms with Crippen molar-refractivity contribution in [3.05, 3.63) is 30.3 Å². The number of nitrogens with one attached hydrogen (secondary N) is 2. The Hall–Kier alpha value is -1.69. The van der Waals surface area contributed by atoms with Crippen molar-refractivity contribution in [2.75, 3.05) is 12.3 Å². The van der Waals surface area contributed by atoms with Gasteiger partial charge in [0.1, 0.15) is 5.60 Å². The fourth-order valence-corrected chi connectivity index (χ4v) is 2.70. The first-order valence-electron chi connectivity index (χ1n) is 8.47. The molecular weight excluding hydrogens is 336 g/mol. The molecule has 140 valence electrons. The Morgan fingerprint density at radius 3 is 2.24 bits per heavy atom.